The van der Waals surface area contributed by atoms with Crippen LogP contribution >= 0.6 is 0 Å². The molecule has 5 heteroatoms. The first-order valence-electron chi connectivity index (χ1n) is 5.75. The Morgan fingerprint density at radius 3 is 2.71 bits per heavy atom. The van der Waals surface area contributed by atoms with Gasteiger partial charge < -0.3 is 9.64 Å². The number of carbonyl (C=O) groups is 1. The largest absolute Gasteiger partial charge is 0.465 e. The third kappa shape index (κ3) is 4.01. The van der Waals surface area contributed by atoms with Gasteiger partial charge in [-0.1, -0.05) is 0 Å². The predicted molar refractivity (Wildman–Crippen MR) is 65.9 cm³/mol. The van der Waals surface area contributed by atoms with Crippen LogP contribution in [0.3, 0.4) is 0 Å². The van der Waals surface area contributed by atoms with Gasteiger partial charge in [0, 0.05) is 17.8 Å². The molecule has 1 aromatic heterocycles. The summed E-state index contributed by atoms with van der Waals surface area (Å²) >= 11 is 0. The van der Waals surface area contributed by atoms with Gasteiger partial charge in [-0.15, -0.1) is 0 Å². The van der Waals surface area contributed by atoms with Crippen molar-refractivity contribution < 1.29 is 9.53 Å². The number of anilines is 1. The molecule has 94 valence electrons. The van der Waals surface area contributed by atoms with Crippen LogP contribution in [-0.2, 0) is 9.53 Å². The minimum Gasteiger partial charge on any atom is -0.465 e. The fourth-order valence-electron chi connectivity index (χ4n) is 1.47. The Morgan fingerprint density at radius 1 is 1.47 bits per heavy atom. The molecular formula is C12H19N3O2. The third-order valence-corrected chi connectivity index (χ3v) is 2.31. The van der Waals surface area contributed by atoms with E-state index in [0.717, 1.165) is 11.5 Å². The number of nitrogens with zero attached hydrogens (tertiary/aromatic N) is 3. The summed E-state index contributed by atoms with van der Waals surface area (Å²) in [7, 11) is 0. The van der Waals surface area contributed by atoms with Gasteiger partial charge >= 0.3 is 5.97 Å². The quantitative estimate of drug-likeness (QED) is 0.727. The lowest BCUT2D eigenvalue weighted by atomic mass is 10.3. The van der Waals surface area contributed by atoms with Crippen molar-refractivity contribution in [3.63, 3.8) is 0 Å². The second-order valence-electron chi connectivity index (χ2n) is 4.04. The summed E-state index contributed by atoms with van der Waals surface area (Å²) in [6.07, 6.45) is 1.51. The van der Waals surface area contributed by atoms with E-state index in [1.807, 2.05) is 31.7 Å². The van der Waals surface area contributed by atoms with E-state index in [1.54, 1.807) is 6.92 Å². The zero-order valence-corrected chi connectivity index (χ0v) is 10.8. The van der Waals surface area contributed by atoms with Gasteiger partial charge in [0.25, 0.3) is 0 Å². The number of aryl methyl sites for hydroxylation is 1. The predicted octanol–water partition coefficient (Wildman–Crippen LogP) is 1.56. The minimum absolute atomic E-state index is 0.175. The normalized spacial score (nSPS) is 10.4. The Bertz CT molecular complexity index is 380. The number of esters is 1. The molecule has 0 N–H and O–H groups in total. The Hall–Kier alpha value is -1.65. The SMILES string of the molecule is CCOC(=O)CN(c1cc(C)ncn1)C(C)C. The third-order valence-electron chi connectivity index (χ3n) is 2.31. The van der Waals surface area contributed by atoms with Gasteiger partial charge in [-0.3, -0.25) is 4.79 Å². The van der Waals surface area contributed by atoms with Crippen molar-refractivity contribution in [1.82, 2.24) is 9.97 Å². The summed E-state index contributed by atoms with van der Waals surface area (Å²) in [5.41, 5.74) is 0.879. The van der Waals surface area contributed by atoms with Crippen LogP contribution in [0.2, 0.25) is 0 Å². The molecule has 0 aliphatic carbocycles. The molecule has 0 saturated carbocycles. The Balaban J connectivity index is 2.82. The topological polar surface area (TPSA) is 55.3 Å². The van der Waals surface area contributed by atoms with Crippen LogP contribution in [0, 0.1) is 6.92 Å². The van der Waals surface area contributed by atoms with E-state index in [0.29, 0.717) is 6.61 Å². The smallest absolute Gasteiger partial charge is 0.325 e. The van der Waals surface area contributed by atoms with Crippen molar-refractivity contribution >= 4 is 11.8 Å². The summed E-state index contributed by atoms with van der Waals surface area (Å²) in [6, 6.07) is 2.04. The standard InChI is InChI=1S/C12H19N3O2/c1-5-17-12(16)7-15(9(2)3)11-6-10(4)13-8-14-11/h6,8-9H,5,7H2,1-4H3. The highest BCUT2D eigenvalue weighted by molar-refractivity contribution is 5.75. The molecule has 0 aromatic carbocycles. The van der Waals surface area contributed by atoms with Gasteiger partial charge in [0.05, 0.1) is 6.61 Å². The summed E-state index contributed by atoms with van der Waals surface area (Å²) < 4.78 is 4.95. The number of rotatable bonds is 5. The van der Waals surface area contributed by atoms with Crippen molar-refractivity contribution in [2.24, 2.45) is 0 Å². The van der Waals surface area contributed by atoms with Gasteiger partial charge in [0.15, 0.2) is 0 Å². The van der Waals surface area contributed by atoms with Crippen molar-refractivity contribution in [2.45, 2.75) is 33.7 Å². The first-order valence-corrected chi connectivity index (χ1v) is 5.75. The van der Waals surface area contributed by atoms with Crippen LogP contribution in [0.4, 0.5) is 5.82 Å². The van der Waals surface area contributed by atoms with E-state index < -0.39 is 0 Å². The van der Waals surface area contributed by atoms with Crippen LogP contribution < -0.4 is 4.90 Å². The lowest BCUT2D eigenvalue weighted by Gasteiger charge is -2.26. The fourth-order valence-corrected chi connectivity index (χ4v) is 1.47. The number of carbonyl (C=O) groups excluding carboxylic acids is 1. The Kier molecular flexibility index (Phi) is 4.87. The Morgan fingerprint density at radius 2 is 2.18 bits per heavy atom. The lowest BCUT2D eigenvalue weighted by Crippen LogP contribution is -2.37. The summed E-state index contributed by atoms with van der Waals surface area (Å²) in [5.74, 6) is 0.512. The maximum absolute atomic E-state index is 11.5. The first kappa shape index (κ1) is 13.4. The molecule has 0 aliphatic heterocycles. The van der Waals surface area contributed by atoms with Gasteiger partial charge in [0.1, 0.15) is 18.7 Å². The summed E-state index contributed by atoms with van der Waals surface area (Å²) in [4.78, 5) is 21.6. The second-order valence-corrected chi connectivity index (χ2v) is 4.04. The molecule has 0 bridgehead atoms. The van der Waals surface area contributed by atoms with E-state index in [9.17, 15) is 4.79 Å². The van der Waals surface area contributed by atoms with E-state index in [-0.39, 0.29) is 18.6 Å². The average Bonchev–Trinajstić information content (AvgIpc) is 2.26. The molecule has 1 aromatic rings. The van der Waals surface area contributed by atoms with Crippen LogP contribution in [0.15, 0.2) is 12.4 Å². The van der Waals surface area contributed by atoms with E-state index in [2.05, 4.69) is 9.97 Å². The zero-order chi connectivity index (χ0) is 12.8. The molecule has 1 rings (SSSR count). The van der Waals surface area contributed by atoms with E-state index in [1.165, 1.54) is 6.33 Å². The van der Waals surface area contributed by atoms with Gasteiger partial charge in [0.2, 0.25) is 0 Å². The van der Waals surface area contributed by atoms with Gasteiger partial charge in [-0.25, -0.2) is 9.97 Å². The molecule has 0 unspecified atom stereocenters. The fraction of sp³-hybridized carbons (Fsp3) is 0.583. The molecule has 0 amide bonds. The monoisotopic (exact) mass is 237 g/mol. The molecule has 1 heterocycles. The number of aromatic nitrogens is 2. The number of ether oxygens (including phenoxy) is 1. The molecule has 5 nitrogen and oxygen atoms in total. The summed E-state index contributed by atoms with van der Waals surface area (Å²) in [6.45, 7) is 8.32. The van der Waals surface area contributed by atoms with Gasteiger partial charge in [-0.05, 0) is 27.7 Å². The van der Waals surface area contributed by atoms with Crippen molar-refractivity contribution in [3.8, 4) is 0 Å². The molecule has 0 saturated heterocycles. The molecule has 0 radical (unpaired) electrons. The Labute approximate surface area is 102 Å². The van der Waals surface area contributed by atoms with E-state index in [4.69, 9.17) is 4.74 Å². The lowest BCUT2D eigenvalue weighted by molar-refractivity contribution is -0.141. The number of hydrogen-bond acceptors (Lipinski definition) is 5. The minimum atomic E-state index is -0.238. The summed E-state index contributed by atoms with van der Waals surface area (Å²) in [5, 5.41) is 0. The molecule has 0 spiro atoms. The maximum Gasteiger partial charge on any atom is 0.325 e. The maximum atomic E-state index is 11.5. The van der Waals surface area contributed by atoms with E-state index >= 15 is 0 Å². The average molecular weight is 237 g/mol. The number of hydrogen-bond donors (Lipinski definition) is 0. The molecule has 0 fully saturated rings. The molecular weight excluding hydrogens is 218 g/mol. The molecule has 0 atom stereocenters. The van der Waals surface area contributed by atoms with Crippen molar-refractivity contribution in [1.29, 1.82) is 0 Å². The molecule has 0 aliphatic rings. The second kappa shape index (κ2) is 6.18. The van der Waals surface area contributed by atoms with Crippen molar-refractivity contribution in [2.75, 3.05) is 18.1 Å². The highest BCUT2D eigenvalue weighted by Gasteiger charge is 2.16. The van der Waals surface area contributed by atoms with Crippen molar-refractivity contribution in [3.05, 3.63) is 18.1 Å². The van der Waals surface area contributed by atoms with Crippen LogP contribution in [0.1, 0.15) is 26.5 Å². The van der Waals surface area contributed by atoms with Crippen LogP contribution in [0.5, 0.6) is 0 Å². The highest BCUT2D eigenvalue weighted by atomic mass is 16.5. The van der Waals surface area contributed by atoms with Crippen LogP contribution in [-0.4, -0.2) is 35.1 Å². The zero-order valence-electron chi connectivity index (χ0n) is 10.8. The van der Waals surface area contributed by atoms with Gasteiger partial charge in [-0.2, -0.15) is 0 Å². The first-order chi connectivity index (χ1) is 8.04. The van der Waals surface area contributed by atoms with Crippen LogP contribution in [0.25, 0.3) is 0 Å². The highest BCUT2D eigenvalue weighted by Crippen LogP contribution is 2.13. The molecule has 17 heavy (non-hydrogen) atoms.